The van der Waals surface area contributed by atoms with Gasteiger partial charge in [0.25, 0.3) is 5.56 Å². The Morgan fingerprint density at radius 1 is 1.06 bits per heavy atom. The van der Waals surface area contributed by atoms with Crippen LogP contribution >= 0.6 is 0 Å². The van der Waals surface area contributed by atoms with E-state index in [1.54, 1.807) is 24.3 Å². The minimum atomic E-state index is -0.351. The Morgan fingerprint density at radius 2 is 1.81 bits per heavy atom. The molecule has 1 aromatic heterocycles. The van der Waals surface area contributed by atoms with Crippen LogP contribution in [0.3, 0.4) is 0 Å². The van der Waals surface area contributed by atoms with Gasteiger partial charge < -0.3 is 19.8 Å². The summed E-state index contributed by atoms with van der Waals surface area (Å²) in [5.41, 5.74) is 1.62. The van der Waals surface area contributed by atoms with E-state index in [-0.39, 0.29) is 36.0 Å². The smallest absolute Gasteiger partial charge is 0.273 e. The number of aromatic nitrogens is 3. The quantitative estimate of drug-likeness (QED) is 0.448. The first-order valence-corrected chi connectivity index (χ1v) is 10.7. The van der Waals surface area contributed by atoms with Crippen LogP contribution < -0.4 is 15.6 Å². The van der Waals surface area contributed by atoms with E-state index < -0.39 is 0 Å². The molecule has 0 radical (unpaired) electrons. The summed E-state index contributed by atoms with van der Waals surface area (Å²) in [4.78, 5) is 27.4. The first-order chi connectivity index (χ1) is 15.6. The molecule has 2 aromatic carbocycles. The highest BCUT2D eigenvalue weighted by atomic mass is 16.5. The van der Waals surface area contributed by atoms with Gasteiger partial charge in [0.15, 0.2) is 5.82 Å². The number of hydrogen-bond donors (Lipinski definition) is 2. The molecule has 0 saturated carbocycles. The van der Waals surface area contributed by atoms with Gasteiger partial charge in [-0.1, -0.05) is 30.3 Å². The number of ether oxygens (including phenoxy) is 2. The Kier molecular flexibility index (Phi) is 8.51. The van der Waals surface area contributed by atoms with Crippen molar-refractivity contribution in [2.24, 2.45) is 0 Å². The molecule has 0 aliphatic rings. The van der Waals surface area contributed by atoms with E-state index in [9.17, 15) is 9.59 Å². The molecule has 0 fully saturated rings. The van der Waals surface area contributed by atoms with Crippen molar-refractivity contribution < 1.29 is 14.3 Å². The van der Waals surface area contributed by atoms with Crippen molar-refractivity contribution in [2.45, 2.75) is 32.7 Å². The molecule has 1 amide bonds. The number of hydrogen-bond acceptors (Lipinski definition) is 6. The predicted molar refractivity (Wildman–Crippen MR) is 121 cm³/mol. The SMILES string of the molecule is CCOCCOc1ccc(-c2nnc(CCC(=O)NC(C)c3ccccc3)c(=O)[nH]2)cc1. The summed E-state index contributed by atoms with van der Waals surface area (Å²) in [6.45, 7) is 5.51. The second-order valence-electron chi connectivity index (χ2n) is 7.22. The number of benzene rings is 2. The maximum absolute atomic E-state index is 12.4. The van der Waals surface area contributed by atoms with Gasteiger partial charge >= 0.3 is 0 Å². The van der Waals surface area contributed by atoms with Crippen molar-refractivity contribution in [3.05, 3.63) is 76.2 Å². The third kappa shape index (κ3) is 6.75. The molecule has 0 aliphatic carbocycles. The lowest BCUT2D eigenvalue weighted by Gasteiger charge is -2.14. The summed E-state index contributed by atoms with van der Waals surface area (Å²) in [5, 5.41) is 11.1. The van der Waals surface area contributed by atoms with E-state index in [0.717, 1.165) is 5.56 Å². The molecule has 0 aliphatic heterocycles. The lowest BCUT2D eigenvalue weighted by Crippen LogP contribution is -2.28. The molecule has 1 unspecified atom stereocenters. The summed E-state index contributed by atoms with van der Waals surface area (Å²) in [6, 6.07) is 16.8. The summed E-state index contributed by atoms with van der Waals surface area (Å²) in [6.07, 6.45) is 0.366. The van der Waals surface area contributed by atoms with Crippen LogP contribution in [0.15, 0.2) is 59.4 Å². The van der Waals surface area contributed by atoms with Gasteiger partial charge in [-0.15, -0.1) is 10.2 Å². The number of aromatic amines is 1. The van der Waals surface area contributed by atoms with E-state index in [1.807, 2.05) is 44.2 Å². The van der Waals surface area contributed by atoms with Crippen molar-refractivity contribution in [3.8, 4) is 17.1 Å². The van der Waals surface area contributed by atoms with Gasteiger partial charge in [0.2, 0.25) is 5.91 Å². The van der Waals surface area contributed by atoms with Crippen molar-refractivity contribution in [2.75, 3.05) is 19.8 Å². The summed E-state index contributed by atoms with van der Waals surface area (Å²) < 4.78 is 10.8. The summed E-state index contributed by atoms with van der Waals surface area (Å²) in [7, 11) is 0. The van der Waals surface area contributed by atoms with Crippen LogP contribution in [0.4, 0.5) is 0 Å². The average Bonchev–Trinajstić information content (AvgIpc) is 2.82. The molecule has 32 heavy (non-hydrogen) atoms. The summed E-state index contributed by atoms with van der Waals surface area (Å²) in [5.74, 6) is 0.921. The normalized spacial score (nSPS) is 11.7. The highest BCUT2D eigenvalue weighted by Crippen LogP contribution is 2.18. The molecule has 8 heteroatoms. The number of nitrogens with one attached hydrogen (secondary N) is 2. The fraction of sp³-hybridized carbons (Fsp3) is 0.333. The molecule has 168 valence electrons. The molecule has 3 aromatic rings. The Bertz CT molecular complexity index is 1050. The number of nitrogens with zero attached hydrogens (tertiary/aromatic N) is 2. The minimum Gasteiger partial charge on any atom is -0.491 e. The van der Waals surface area contributed by atoms with E-state index in [1.165, 1.54) is 0 Å². The van der Waals surface area contributed by atoms with Crippen LogP contribution in [-0.4, -0.2) is 40.9 Å². The largest absolute Gasteiger partial charge is 0.491 e. The van der Waals surface area contributed by atoms with Gasteiger partial charge in [-0.25, -0.2) is 0 Å². The zero-order valence-electron chi connectivity index (χ0n) is 18.3. The third-order valence-corrected chi connectivity index (χ3v) is 4.86. The first kappa shape index (κ1) is 23.1. The van der Waals surface area contributed by atoms with E-state index >= 15 is 0 Å². The highest BCUT2D eigenvalue weighted by Gasteiger charge is 2.12. The number of rotatable bonds is 11. The van der Waals surface area contributed by atoms with Gasteiger partial charge in [-0.05, 0) is 43.7 Å². The maximum Gasteiger partial charge on any atom is 0.273 e. The van der Waals surface area contributed by atoms with E-state index in [4.69, 9.17) is 9.47 Å². The summed E-state index contributed by atoms with van der Waals surface area (Å²) >= 11 is 0. The molecule has 2 N–H and O–H groups in total. The van der Waals surface area contributed by atoms with Gasteiger partial charge in [0, 0.05) is 25.0 Å². The zero-order chi connectivity index (χ0) is 22.8. The van der Waals surface area contributed by atoms with Crippen LogP contribution in [0.5, 0.6) is 5.75 Å². The molecule has 0 spiro atoms. The second kappa shape index (κ2) is 11.8. The molecule has 0 bridgehead atoms. The number of aryl methyl sites for hydroxylation is 1. The van der Waals surface area contributed by atoms with Crippen molar-refractivity contribution >= 4 is 5.91 Å². The second-order valence-corrected chi connectivity index (χ2v) is 7.22. The van der Waals surface area contributed by atoms with Crippen LogP contribution in [0.2, 0.25) is 0 Å². The highest BCUT2D eigenvalue weighted by molar-refractivity contribution is 5.76. The topological polar surface area (TPSA) is 106 Å². The average molecular weight is 437 g/mol. The Hall–Kier alpha value is -3.52. The molecular formula is C24H28N4O4. The minimum absolute atomic E-state index is 0.110. The Balaban J connectivity index is 1.53. The lowest BCUT2D eigenvalue weighted by molar-refractivity contribution is -0.121. The number of carbonyl (C=O) groups is 1. The standard InChI is InChI=1S/C24H28N4O4/c1-3-31-15-16-32-20-11-9-19(10-12-20)23-26-24(30)21(27-28-23)13-14-22(29)25-17(2)18-7-5-4-6-8-18/h4-12,17H,3,13-16H2,1-2H3,(H,25,29)(H,26,28,30). The molecule has 8 nitrogen and oxygen atoms in total. The molecule has 1 heterocycles. The van der Waals surface area contributed by atoms with E-state index in [0.29, 0.717) is 37.0 Å². The Morgan fingerprint density at radius 3 is 2.50 bits per heavy atom. The third-order valence-electron chi connectivity index (χ3n) is 4.86. The molecule has 3 rings (SSSR count). The number of carbonyl (C=O) groups excluding carboxylic acids is 1. The van der Waals surface area contributed by atoms with Crippen molar-refractivity contribution in [1.82, 2.24) is 20.5 Å². The molecule has 1 atom stereocenters. The van der Waals surface area contributed by atoms with Crippen LogP contribution in [-0.2, 0) is 16.0 Å². The van der Waals surface area contributed by atoms with Crippen LogP contribution in [0.25, 0.3) is 11.4 Å². The van der Waals surface area contributed by atoms with Gasteiger partial charge in [0.1, 0.15) is 18.1 Å². The molecule has 0 saturated heterocycles. The van der Waals surface area contributed by atoms with E-state index in [2.05, 4.69) is 20.5 Å². The monoisotopic (exact) mass is 436 g/mol. The number of amides is 1. The fourth-order valence-corrected chi connectivity index (χ4v) is 3.10. The zero-order valence-corrected chi connectivity index (χ0v) is 18.3. The molecular weight excluding hydrogens is 408 g/mol. The van der Waals surface area contributed by atoms with Crippen molar-refractivity contribution in [3.63, 3.8) is 0 Å². The van der Waals surface area contributed by atoms with Gasteiger partial charge in [-0.2, -0.15) is 0 Å². The Labute approximate surface area is 187 Å². The van der Waals surface area contributed by atoms with Crippen LogP contribution in [0, 0.1) is 0 Å². The van der Waals surface area contributed by atoms with Gasteiger partial charge in [0.05, 0.1) is 12.6 Å². The van der Waals surface area contributed by atoms with Crippen molar-refractivity contribution in [1.29, 1.82) is 0 Å². The number of H-pyrrole nitrogens is 1. The maximum atomic E-state index is 12.4. The fourth-order valence-electron chi connectivity index (χ4n) is 3.10. The van der Waals surface area contributed by atoms with Crippen LogP contribution in [0.1, 0.15) is 37.6 Å². The first-order valence-electron chi connectivity index (χ1n) is 10.7. The lowest BCUT2D eigenvalue weighted by atomic mass is 10.1. The van der Waals surface area contributed by atoms with Gasteiger partial charge in [-0.3, -0.25) is 9.59 Å². The predicted octanol–water partition coefficient (Wildman–Crippen LogP) is 3.06.